The van der Waals surface area contributed by atoms with Crippen LogP contribution in [0.15, 0.2) is 24.3 Å². The van der Waals surface area contributed by atoms with Gasteiger partial charge in [-0.25, -0.2) is 4.39 Å². The first-order valence-electron chi connectivity index (χ1n) is 7.16. The van der Waals surface area contributed by atoms with Crippen molar-refractivity contribution in [1.29, 1.82) is 0 Å². The standard InChI is InChI=1S/C16H25FN2/c1-12-8-13(2)19(10-12)16(3,11-18)9-14-6-4-5-7-15(14)17/h4-7,12-13H,8-11,18H2,1-3H3. The van der Waals surface area contributed by atoms with Crippen LogP contribution < -0.4 is 5.73 Å². The van der Waals surface area contributed by atoms with E-state index in [1.54, 1.807) is 6.07 Å². The topological polar surface area (TPSA) is 29.3 Å². The Bertz CT molecular complexity index is 435. The molecule has 1 aromatic rings. The van der Waals surface area contributed by atoms with E-state index in [0.717, 1.165) is 12.1 Å². The van der Waals surface area contributed by atoms with Gasteiger partial charge in [0.15, 0.2) is 0 Å². The Kier molecular flexibility index (Phi) is 4.26. The van der Waals surface area contributed by atoms with Crippen molar-refractivity contribution in [2.45, 2.75) is 45.2 Å². The molecule has 0 aromatic heterocycles. The highest BCUT2D eigenvalue weighted by molar-refractivity contribution is 5.20. The van der Waals surface area contributed by atoms with Gasteiger partial charge in [0.1, 0.15) is 5.82 Å². The molecular weight excluding hydrogens is 239 g/mol. The minimum Gasteiger partial charge on any atom is -0.329 e. The molecule has 1 fully saturated rings. The van der Waals surface area contributed by atoms with Crippen LogP contribution in [-0.2, 0) is 6.42 Å². The van der Waals surface area contributed by atoms with E-state index in [9.17, 15) is 4.39 Å². The first-order chi connectivity index (χ1) is 8.96. The molecule has 3 unspecified atom stereocenters. The van der Waals surface area contributed by atoms with E-state index in [4.69, 9.17) is 5.73 Å². The second kappa shape index (κ2) is 5.59. The molecule has 106 valence electrons. The van der Waals surface area contributed by atoms with Gasteiger partial charge in [0.05, 0.1) is 0 Å². The Labute approximate surface area is 115 Å². The highest BCUT2D eigenvalue weighted by atomic mass is 19.1. The third kappa shape index (κ3) is 2.98. The second-order valence-electron chi connectivity index (χ2n) is 6.31. The van der Waals surface area contributed by atoms with Crippen molar-refractivity contribution in [2.75, 3.05) is 13.1 Å². The molecule has 3 heteroatoms. The van der Waals surface area contributed by atoms with Gasteiger partial charge in [0.2, 0.25) is 0 Å². The number of hydrogen-bond donors (Lipinski definition) is 1. The van der Waals surface area contributed by atoms with Gasteiger partial charge in [-0.05, 0) is 44.2 Å². The van der Waals surface area contributed by atoms with Crippen molar-refractivity contribution in [2.24, 2.45) is 11.7 Å². The van der Waals surface area contributed by atoms with Crippen LogP contribution in [0.2, 0.25) is 0 Å². The van der Waals surface area contributed by atoms with Crippen LogP contribution in [0.25, 0.3) is 0 Å². The normalized spacial score (nSPS) is 27.4. The summed E-state index contributed by atoms with van der Waals surface area (Å²) >= 11 is 0. The fourth-order valence-corrected chi connectivity index (χ4v) is 3.40. The van der Waals surface area contributed by atoms with Crippen LogP contribution in [0.5, 0.6) is 0 Å². The number of hydrogen-bond acceptors (Lipinski definition) is 2. The molecule has 1 aliphatic rings. The van der Waals surface area contributed by atoms with Crippen LogP contribution in [-0.4, -0.2) is 29.6 Å². The Morgan fingerprint density at radius 1 is 1.37 bits per heavy atom. The molecule has 1 saturated heterocycles. The SMILES string of the molecule is CC1CC(C)N(C(C)(CN)Cc2ccccc2F)C1. The lowest BCUT2D eigenvalue weighted by Gasteiger charge is -2.41. The molecule has 2 N–H and O–H groups in total. The van der Waals surface area contributed by atoms with E-state index in [2.05, 4.69) is 25.7 Å². The van der Waals surface area contributed by atoms with Crippen molar-refractivity contribution in [3.8, 4) is 0 Å². The number of nitrogens with two attached hydrogens (primary N) is 1. The van der Waals surface area contributed by atoms with Gasteiger partial charge in [-0.15, -0.1) is 0 Å². The Morgan fingerprint density at radius 3 is 2.58 bits per heavy atom. The van der Waals surface area contributed by atoms with Crippen molar-refractivity contribution >= 4 is 0 Å². The van der Waals surface area contributed by atoms with Crippen LogP contribution >= 0.6 is 0 Å². The van der Waals surface area contributed by atoms with Gasteiger partial charge >= 0.3 is 0 Å². The van der Waals surface area contributed by atoms with Gasteiger partial charge in [0, 0.05) is 24.7 Å². The average Bonchev–Trinajstić information content (AvgIpc) is 2.72. The molecule has 19 heavy (non-hydrogen) atoms. The Morgan fingerprint density at radius 2 is 2.05 bits per heavy atom. The summed E-state index contributed by atoms with van der Waals surface area (Å²) in [5.41, 5.74) is 6.63. The number of nitrogens with zero attached hydrogens (tertiary/aromatic N) is 1. The number of likely N-dealkylation sites (tertiary alicyclic amines) is 1. The summed E-state index contributed by atoms with van der Waals surface area (Å²) in [6, 6.07) is 7.55. The molecule has 0 aliphatic carbocycles. The predicted molar refractivity (Wildman–Crippen MR) is 77.5 cm³/mol. The van der Waals surface area contributed by atoms with E-state index in [-0.39, 0.29) is 11.4 Å². The summed E-state index contributed by atoms with van der Waals surface area (Å²) in [5, 5.41) is 0. The molecule has 1 heterocycles. The lowest BCUT2D eigenvalue weighted by Crippen LogP contribution is -2.54. The third-order valence-corrected chi connectivity index (χ3v) is 4.45. The highest BCUT2D eigenvalue weighted by Gasteiger charge is 2.39. The largest absolute Gasteiger partial charge is 0.329 e. The molecule has 0 radical (unpaired) electrons. The van der Waals surface area contributed by atoms with Gasteiger partial charge in [-0.1, -0.05) is 25.1 Å². The lowest BCUT2D eigenvalue weighted by molar-refractivity contribution is 0.1000. The zero-order valence-electron chi connectivity index (χ0n) is 12.2. The third-order valence-electron chi connectivity index (χ3n) is 4.45. The molecular formula is C16H25FN2. The van der Waals surface area contributed by atoms with Crippen LogP contribution in [0.4, 0.5) is 4.39 Å². The summed E-state index contributed by atoms with van der Waals surface area (Å²) in [6.45, 7) is 8.30. The number of rotatable bonds is 4. The molecule has 0 amide bonds. The minimum absolute atomic E-state index is 0.123. The Balaban J connectivity index is 2.21. The molecule has 1 aliphatic heterocycles. The number of halogens is 1. The zero-order chi connectivity index (χ0) is 14.0. The fourth-order valence-electron chi connectivity index (χ4n) is 3.40. The maximum Gasteiger partial charge on any atom is 0.126 e. The summed E-state index contributed by atoms with van der Waals surface area (Å²) in [7, 11) is 0. The van der Waals surface area contributed by atoms with E-state index in [0.29, 0.717) is 24.9 Å². The molecule has 3 atom stereocenters. The van der Waals surface area contributed by atoms with Gasteiger partial charge in [-0.2, -0.15) is 0 Å². The molecule has 2 nitrogen and oxygen atoms in total. The molecule has 0 saturated carbocycles. The maximum absolute atomic E-state index is 13.9. The predicted octanol–water partition coefficient (Wildman–Crippen LogP) is 2.82. The van der Waals surface area contributed by atoms with Crippen molar-refractivity contribution in [3.05, 3.63) is 35.6 Å². The summed E-state index contributed by atoms with van der Waals surface area (Å²) in [5.74, 6) is 0.573. The molecule has 0 spiro atoms. The first-order valence-corrected chi connectivity index (χ1v) is 7.16. The van der Waals surface area contributed by atoms with Crippen LogP contribution in [0.3, 0.4) is 0 Å². The average molecular weight is 264 g/mol. The van der Waals surface area contributed by atoms with E-state index in [1.165, 1.54) is 12.5 Å². The lowest BCUT2D eigenvalue weighted by atomic mass is 9.90. The number of benzene rings is 1. The summed E-state index contributed by atoms with van der Waals surface area (Å²) < 4.78 is 13.9. The van der Waals surface area contributed by atoms with Crippen LogP contribution in [0.1, 0.15) is 32.8 Å². The van der Waals surface area contributed by atoms with Gasteiger partial charge < -0.3 is 5.73 Å². The zero-order valence-corrected chi connectivity index (χ0v) is 12.2. The smallest absolute Gasteiger partial charge is 0.126 e. The maximum atomic E-state index is 13.9. The van der Waals surface area contributed by atoms with Gasteiger partial charge in [0.25, 0.3) is 0 Å². The van der Waals surface area contributed by atoms with E-state index >= 15 is 0 Å². The first kappa shape index (κ1) is 14.5. The van der Waals surface area contributed by atoms with E-state index in [1.807, 2.05) is 12.1 Å². The Hall–Kier alpha value is -0.930. The van der Waals surface area contributed by atoms with Crippen molar-refractivity contribution in [1.82, 2.24) is 4.90 Å². The molecule has 1 aromatic carbocycles. The summed E-state index contributed by atoms with van der Waals surface area (Å²) in [4.78, 5) is 2.46. The fraction of sp³-hybridized carbons (Fsp3) is 0.625. The summed E-state index contributed by atoms with van der Waals surface area (Å²) in [6.07, 6.45) is 1.88. The van der Waals surface area contributed by atoms with Crippen LogP contribution in [0, 0.1) is 11.7 Å². The van der Waals surface area contributed by atoms with Crippen molar-refractivity contribution < 1.29 is 4.39 Å². The highest BCUT2D eigenvalue weighted by Crippen LogP contribution is 2.32. The quantitative estimate of drug-likeness (QED) is 0.906. The molecule has 0 bridgehead atoms. The van der Waals surface area contributed by atoms with E-state index < -0.39 is 0 Å². The second-order valence-corrected chi connectivity index (χ2v) is 6.31. The monoisotopic (exact) mass is 264 g/mol. The van der Waals surface area contributed by atoms with Gasteiger partial charge in [-0.3, -0.25) is 4.90 Å². The van der Waals surface area contributed by atoms with Crippen molar-refractivity contribution in [3.63, 3.8) is 0 Å². The molecule has 2 rings (SSSR count). The minimum atomic E-state index is -0.160.